The summed E-state index contributed by atoms with van der Waals surface area (Å²) in [6.45, 7) is 0. The maximum atomic E-state index is 10.4. The molecule has 0 bridgehead atoms. The van der Waals surface area contributed by atoms with Gasteiger partial charge in [-0.1, -0.05) is 5.16 Å². The van der Waals surface area contributed by atoms with Gasteiger partial charge < -0.3 is 14.4 Å². The van der Waals surface area contributed by atoms with Gasteiger partial charge in [-0.3, -0.25) is 4.79 Å². The van der Waals surface area contributed by atoms with Crippen molar-refractivity contribution >= 4 is 5.97 Å². The Morgan fingerprint density at radius 1 is 1.69 bits per heavy atom. The van der Waals surface area contributed by atoms with Crippen molar-refractivity contribution < 1.29 is 19.2 Å². The van der Waals surface area contributed by atoms with E-state index in [1.54, 1.807) is 7.11 Å². The van der Waals surface area contributed by atoms with Crippen molar-refractivity contribution in [2.45, 2.75) is 31.8 Å². The van der Waals surface area contributed by atoms with Crippen molar-refractivity contribution in [3.63, 3.8) is 0 Å². The second kappa shape index (κ2) is 4.61. The summed E-state index contributed by atoms with van der Waals surface area (Å²) in [5.74, 6) is 0.505. The lowest BCUT2D eigenvalue weighted by molar-refractivity contribution is -0.137. The molecular formula is C10H14N2O4. The molecule has 2 rings (SSSR count). The van der Waals surface area contributed by atoms with Crippen LogP contribution in [0.5, 0.6) is 0 Å². The third kappa shape index (κ3) is 2.57. The van der Waals surface area contributed by atoms with E-state index in [2.05, 4.69) is 10.1 Å². The number of aliphatic carboxylic acids is 1. The van der Waals surface area contributed by atoms with Crippen molar-refractivity contribution in [1.29, 1.82) is 0 Å². The first-order chi connectivity index (χ1) is 7.70. The number of carboxylic acid groups (broad SMARTS) is 1. The summed E-state index contributed by atoms with van der Waals surface area (Å²) in [6.07, 6.45) is 2.41. The van der Waals surface area contributed by atoms with E-state index in [0.717, 1.165) is 12.8 Å². The van der Waals surface area contributed by atoms with Crippen LogP contribution < -0.4 is 0 Å². The van der Waals surface area contributed by atoms with Gasteiger partial charge >= 0.3 is 5.97 Å². The van der Waals surface area contributed by atoms with Crippen LogP contribution in [0, 0.1) is 5.92 Å². The van der Waals surface area contributed by atoms with Crippen LogP contribution in [0.2, 0.25) is 0 Å². The third-order valence-electron chi connectivity index (χ3n) is 2.60. The molecule has 1 heterocycles. The van der Waals surface area contributed by atoms with Crippen molar-refractivity contribution in [1.82, 2.24) is 10.1 Å². The molecule has 0 aliphatic heterocycles. The first kappa shape index (κ1) is 11.1. The molecule has 88 valence electrons. The van der Waals surface area contributed by atoms with E-state index in [9.17, 15) is 4.79 Å². The highest BCUT2D eigenvalue weighted by Crippen LogP contribution is 2.41. The van der Waals surface area contributed by atoms with Gasteiger partial charge in [0.1, 0.15) is 6.10 Å². The molecule has 1 atom stereocenters. The summed E-state index contributed by atoms with van der Waals surface area (Å²) < 4.78 is 10.3. The van der Waals surface area contributed by atoms with Crippen LogP contribution in [0.3, 0.4) is 0 Å². The van der Waals surface area contributed by atoms with Crippen LogP contribution in [0.1, 0.15) is 37.1 Å². The molecule has 0 saturated heterocycles. The minimum Gasteiger partial charge on any atom is -0.481 e. The Labute approximate surface area is 92.6 Å². The van der Waals surface area contributed by atoms with Crippen LogP contribution in [0.15, 0.2) is 4.52 Å². The first-order valence-electron chi connectivity index (χ1n) is 5.27. The van der Waals surface area contributed by atoms with Gasteiger partial charge in [0.2, 0.25) is 11.7 Å². The zero-order chi connectivity index (χ0) is 11.5. The molecule has 1 N–H and O–H groups in total. The normalized spacial score (nSPS) is 17.3. The number of hydrogen-bond acceptors (Lipinski definition) is 5. The average Bonchev–Trinajstić information content (AvgIpc) is 2.96. The van der Waals surface area contributed by atoms with Crippen molar-refractivity contribution in [3.05, 3.63) is 11.7 Å². The molecule has 0 radical (unpaired) electrons. The molecule has 6 heteroatoms. The Balaban J connectivity index is 1.97. The van der Waals surface area contributed by atoms with E-state index in [1.165, 1.54) is 0 Å². The second-order valence-corrected chi connectivity index (χ2v) is 3.93. The van der Waals surface area contributed by atoms with Crippen LogP contribution in [-0.2, 0) is 16.0 Å². The number of methoxy groups -OCH3 is 1. The third-order valence-corrected chi connectivity index (χ3v) is 2.60. The molecule has 6 nitrogen and oxygen atoms in total. The zero-order valence-corrected chi connectivity index (χ0v) is 9.05. The van der Waals surface area contributed by atoms with Crippen molar-refractivity contribution in [3.8, 4) is 0 Å². The molecule has 0 spiro atoms. The molecule has 0 aromatic carbocycles. The van der Waals surface area contributed by atoms with E-state index >= 15 is 0 Å². The molecule has 1 fully saturated rings. The number of nitrogens with zero attached hydrogens (tertiary/aromatic N) is 2. The number of aromatic nitrogens is 2. The highest BCUT2D eigenvalue weighted by Gasteiger charge is 2.35. The van der Waals surface area contributed by atoms with E-state index in [-0.39, 0.29) is 18.9 Å². The van der Waals surface area contributed by atoms with Crippen LogP contribution in [-0.4, -0.2) is 28.3 Å². The highest BCUT2D eigenvalue weighted by molar-refractivity contribution is 5.66. The fraction of sp³-hybridized carbons (Fsp3) is 0.700. The van der Waals surface area contributed by atoms with Gasteiger partial charge in [0.25, 0.3) is 0 Å². The molecule has 16 heavy (non-hydrogen) atoms. The molecule has 1 aromatic heterocycles. The molecule has 1 saturated carbocycles. The Hall–Kier alpha value is -1.43. The fourth-order valence-electron chi connectivity index (χ4n) is 1.61. The average molecular weight is 226 g/mol. The summed E-state index contributed by atoms with van der Waals surface area (Å²) in [4.78, 5) is 14.5. The predicted octanol–water partition coefficient (Wildman–Crippen LogP) is 1.18. The quantitative estimate of drug-likeness (QED) is 0.784. The Morgan fingerprint density at radius 2 is 2.44 bits per heavy atom. The molecule has 1 aliphatic carbocycles. The number of hydrogen-bond donors (Lipinski definition) is 1. The lowest BCUT2D eigenvalue weighted by atomic mass is 10.2. The lowest BCUT2D eigenvalue weighted by Crippen LogP contribution is -2.06. The molecule has 0 amide bonds. The molecule has 1 unspecified atom stereocenters. The first-order valence-corrected chi connectivity index (χ1v) is 5.27. The van der Waals surface area contributed by atoms with Gasteiger partial charge in [0, 0.05) is 13.5 Å². The van der Waals surface area contributed by atoms with Gasteiger partial charge in [-0.25, -0.2) is 0 Å². The maximum Gasteiger partial charge on any atom is 0.303 e. The summed E-state index contributed by atoms with van der Waals surface area (Å²) in [7, 11) is 1.62. The monoisotopic (exact) mass is 226 g/mol. The zero-order valence-electron chi connectivity index (χ0n) is 9.05. The summed E-state index contributed by atoms with van der Waals surface area (Å²) in [6, 6.07) is 0. The van der Waals surface area contributed by atoms with E-state index in [1.807, 2.05) is 0 Å². The summed E-state index contributed by atoms with van der Waals surface area (Å²) in [5.41, 5.74) is 0. The van der Waals surface area contributed by atoms with E-state index < -0.39 is 5.97 Å². The topological polar surface area (TPSA) is 85.5 Å². The Morgan fingerprint density at radius 3 is 3.00 bits per heavy atom. The van der Waals surface area contributed by atoms with Gasteiger partial charge in [0.15, 0.2) is 0 Å². The second-order valence-electron chi connectivity index (χ2n) is 3.93. The van der Waals surface area contributed by atoms with Gasteiger partial charge in [-0.2, -0.15) is 4.98 Å². The van der Waals surface area contributed by atoms with Gasteiger partial charge in [0.05, 0.1) is 6.42 Å². The smallest absolute Gasteiger partial charge is 0.303 e. The minimum absolute atomic E-state index is 0.00269. The maximum absolute atomic E-state index is 10.4. The number of rotatable bonds is 6. The Kier molecular flexibility index (Phi) is 3.19. The van der Waals surface area contributed by atoms with Gasteiger partial charge in [-0.05, 0) is 18.8 Å². The molecular weight excluding hydrogens is 212 g/mol. The molecule has 1 aliphatic rings. The number of ether oxygens (including phenoxy) is 1. The Bertz CT molecular complexity index is 373. The lowest BCUT2D eigenvalue weighted by Gasteiger charge is -2.07. The predicted molar refractivity (Wildman–Crippen MR) is 52.7 cm³/mol. The standard InChI is InChI=1S/C10H14N2O4/c1-15-9(6-2-3-6)10-11-7(16-12-10)4-5-8(13)14/h6,9H,2-5H2,1H3,(H,13,14). The summed E-state index contributed by atoms with van der Waals surface area (Å²) in [5, 5.41) is 12.3. The van der Waals surface area contributed by atoms with Crippen molar-refractivity contribution in [2.75, 3.05) is 7.11 Å². The number of aryl methyl sites for hydroxylation is 1. The number of carboxylic acids is 1. The van der Waals surface area contributed by atoms with Crippen LogP contribution in [0.4, 0.5) is 0 Å². The molecule has 1 aromatic rings. The number of carbonyl (C=O) groups is 1. The van der Waals surface area contributed by atoms with Crippen molar-refractivity contribution in [2.24, 2.45) is 5.92 Å². The van der Waals surface area contributed by atoms with Crippen LogP contribution >= 0.6 is 0 Å². The van der Waals surface area contributed by atoms with Gasteiger partial charge in [-0.15, -0.1) is 0 Å². The van der Waals surface area contributed by atoms with E-state index in [4.69, 9.17) is 14.4 Å². The van der Waals surface area contributed by atoms with E-state index in [0.29, 0.717) is 17.6 Å². The largest absolute Gasteiger partial charge is 0.481 e. The highest BCUT2D eigenvalue weighted by atomic mass is 16.5. The van der Waals surface area contributed by atoms with Crippen LogP contribution in [0.25, 0.3) is 0 Å². The SMILES string of the molecule is COC(c1noc(CCC(=O)O)n1)C1CC1. The minimum atomic E-state index is -0.870. The fourth-order valence-corrected chi connectivity index (χ4v) is 1.61. The summed E-state index contributed by atoms with van der Waals surface area (Å²) >= 11 is 0.